The number of nitrogens with one attached hydrogen (secondary N) is 1. The molecule has 11 rings (SSSR count). The summed E-state index contributed by atoms with van der Waals surface area (Å²) in [7, 11) is 0. The van der Waals surface area contributed by atoms with Crippen LogP contribution in [0.5, 0.6) is 0 Å². The molecule has 3 heterocycles. The summed E-state index contributed by atoms with van der Waals surface area (Å²) in [5, 5.41) is 7.39. The van der Waals surface area contributed by atoms with Gasteiger partial charge in [0.25, 0.3) is 0 Å². The largest absolute Gasteiger partial charge is 0.455 e. The molecule has 0 saturated heterocycles. The maximum atomic E-state index is 6.42. The molecule has 4 heteroatoms. The first-order chi connectivity index (χ1) is 25.8. The Bertz CT molecular complexity index is 3110. The molecule has 0 spiro atoms. The van der Waals surface area contributed by atoms with Gasteiger partial charge in [0.15, 0.2) is 0 Å². The molecule has 0 atom stereocenters. The number of para-hydroxylation sites is 3. The Kier molecular flexibility index (Phi) is 6.42. The van der Waals surface area contributed by atoms with Gasteiger partial charge in [0, 0.05) is 65.0 Å². The number of anilines is 3. The lowest BCUT2D eigenvalue weighted by molar-refractivity contribution is 0.670. The number of aromatic amines is 1. The number of aromatic nitrogens is 1. The first-order valence-corrected chi connectivity index (χ1v) is 18.4. The number of hydrogen-bond acceptors (Lipinski definition) is 3. The van der Waals surface area contributed by atoms with E-state index in [2.05, 4.69) is 174 Å². The van der Waals surface area contributed by atoms with Crippen LogP contribution in [0.2, 0.25) is 0 Å². The van der Waals surface area contributed by atoms with Crippen LogP contribution in [0.15, 0.2) is 180 Å². The molecule has 8 aromatic carbocycles. The fourth-order valence-electron chi connectivity index (χ4n) is 7.98. The summed E-state index contributed by atoms with van der Waals surface area (Å²) in [4.78, 5) is 6.06. The summed E-state index contributed by atoms with van der Waals surface area (Å²) in [6.45, 7) is 0. The molecule has 0 bridgehead atoms. The van der Waals surface area contributed by atoms with Gasteiger partial charge in [0.1, 0.15) is 11.2 Å². The molecular weight excluding hydrogens is 653 g/mol. The molecule has 0 saturated carbocycles. The van der Waals surface area contributed by atoms with Gasteiger partial charge in [-0.2, -0.15) is 0 Å². The standard InChI is InChI=1S/C48H30N2OS/c1-2-10-30(11-3-1)31-20-24-33(25-21-31)50(34-26-22-32(23-27-34)35-14-8-15-37-36-12-5-7-19-44(36)51-46(35)37)43-18-9-16-38-39-28-29-42-45(48(39)52-47(38)43)40-13-4-6-17-41(40)49-42/h1-29,49H. The normalized spacial score (nSPS) is 11.8. The van der Waals surface area contributed by atoms with Crippen molar-refractivity contribution in [3.05, 3.63) is 176 Å². The molecular formula is C48H30N2OS. The maximum absolute atomic E-state index is 6.42. The summed E-state index contributed by atoms with van der Waals surface area (Å²) in [6.07, 6.45) is 0. The zero-order chi connectivity index (χ0) is 34.2. The third kappa shape index (κ3) is 4.45. The molecule has 0 fully saturated rings. The highest BCUT2D eigenvalue weighted by Crippen LogP contribution is 2.48. The van der Waals surface area contributed by atoms with Crippen molar-refractivity contribution < 1.29 is 4.42 Å². The second-order valence-corrected chi connectivity index (χ2v) is 14.4. The van der Waals surface area contributed by atoms with Crippen LogP contribution < -0.4 is 4.90 Å². The van der Waals surface area contributed by atoms with E-state index in [9.17, 15) is 0 Å². The summed E-state index contributed by atoms with van der Waals surface area (Å²) in [5.74, 6) is 0. The van der Waals surface area contributed by atoms with E-state index in [1.807, 2.05) is 23.5 Å². The third-order valence-corrected chi connectivity index (χ3v) is 11.7. The Morgan fingerprint density at radius 1 is 0.423 bits per heavy atom. The van der Waals surface area contributed by atoms with Crippen LogP contribution in [0.1, 0.15) is 0 Å². The lowest BCUT2D eigenvalue weighted by Crippen LogP contribution is -2.10. The van der Waals surface area contributed by atoms with Crippen LogP contribution in [-0.2, 0) is 0 Å². The molecule has 0 aliphatic carbocycles. The Balaban J connectivity index is 1.10. The van der Waals surface area contributed by atoms with E-state index in [0.717, 1.165) is 50.1 Å². The minimum absolute atomic E-state index is 0.910. The van der Waals surface area contributed by atoms with E-state index < -0.39 is 0 Å². The summed E-state index contributed by atoms with van der Waals surface area (Å²) in [5.41, 5.74) is 12.1. The summed E-state index contributed by atoms with van der Waals surface area (Å²) < 4.78 is 8.99. The lowest BCUT2D eigenvalue weighted by atomic mass is 10.0. The lowest BCUT2D eigenvalue weighted by Gasteiger charge is -2.26. The van der Waals surface area contributed by atoms with Gasteiger partial charge in [-0.15, -0.1) is 11.3 Å². The molecule has 0 radical (unpaired) electrons. The number of furan rings is 1. The van der Waals surface area contributed by atoms with Crippen LogP contribution in [0.3, 0.4) is 0 Å². The summed E-state index contributed by atoms with van der Waals surface area (Å²) in [6, 6.07) is 63.0. The molecule has 244 valence electrons. The summed E-state index contributed by atoms with van der Waals surface area (Å²) >= 11 is 1.88. The van der Waals surface area contributed by atoms with Gasteiger partial charge < -0.3 is 14.3 Å². The number of benzene rings is 8. The van der Waals surface area contributed by atoms with Crippen LogP contribution in [0.4, 0.5) is 17.1 Å². The second kappa shape index (κ2) is 11.5. The highest BCUT2D eigenvalue weighted by Gasteiger charge is 2.21. The van der Waals surface area contributed by atoms with E-state index in [4.69, 9.17) is 4.42 Å². The Labute approximate surface area is 303 Å². The Hall–Kier alpha value is -6.62. The number of fused-ring (bicyclic) bond motifs is 10. The van der Waals surface area contributed by atoms with Crippen molar-refractivity contribution in [1.82, 2.24) is 4.98 Å². The van der Waals surface area contributed by atoms with E-state index in [0.29, 0.717) is 0 Å². The SMILES string of the molecule is c1ccc(-c2ccc(N(c3ccc(-c4cccc5c4oc4ccccc45)cc3)c3cccc4c3sc3c4ccc4[nH]c5ccccc5c43)cc2)cc1. The van der Waals surface area contributed by atoms with Crippen molar-refractivity contribution >= 4 is 92.3 Å². The molecule has 0 aliphatic heterocycles. The topological polar surface area (TPSA) is 32.2 Å². The van der Waals surface area contributed by atoms with Gasteiger partial charge in [0.2, 0.25) is 0 Å². The van der Waals surface area contributed by atoms with Gasteiger partial charge in [-0.25, -0.2) is 0 Å². The van der Waals surface area contributed by atoms with E-state index in [-0.39, 0.29) is 0 Å². The number of H-pyrrole nitrogens is 1. The van der Waals surface area contributed by atoms with Crippen LogP contribution in [0.25, 0.3) is 86.2 Å². The first kappa shape index (κ1) is 29.1. The van der Waals surface area contributed by atoms with Crippen molar-refractivity contribution in [3.8, 4) is 22.3 Å². The number of rotatable bonds is 5. The van der Waals surface area contributed by atoms with Gasteiger partial charge in [-0.05, 0) is 65.2 Å². The highest BCUT2D eigenvalue weighted by molar-refractivity contribution is 7.27. The highest BCUT2D eigenvalue weighted by atomic mass is 32.1. The quantitative estimate of drug-likeness (QED) is 0.196. The van der Waals surface area contributed by atoms with Crippen molar-refractivity contribution in [2.45, 2.75) is 0 Å². The smallest absolute Gasteiger partial charge is 0.143 e. The van der Waals surface area contributed by atoms with Crippen LogP contribution in [0, 0.1) is 0 Å². The van der Waals surface area contributed by atoms with E-state index >= 15 is 0 Å². The predicted molar refractivity (Wildman–Crippen MR) is 222 cm³/mol. The predicted octanol–water partition coefficient (Wildman–Crippen LogP) is 14.4. The average molecular weight is 683 g/mol. The molecule has 3 aromatic heterocycles. The molecule has 11 aromatic rings. The zero-order valence-corrected chi connectivity index (χ0v) is 28.8. The molecule has 3 nitrogen and oxygen atoms in total. The van der Waals surface area contributed by atoms with Gasteiger partial charge in [-0.3, -0.25) is 0 Å². The number of nitrogens with zero attached hydrogens (tertiary/aromatic N) is 1. The maximum Gasteiger partial charge on any atom is 0.143 e. The molecule has 1 N–H and O–H groups in total. The molecule has 0 aliphatic rings. The van der Waals surface area contributed by atoms with Gasteiger partial charge in [-0.1, -0.05) is 127 Å². The zero-order valence-electron chi connectivity index (χ0n) is 28.0. The van der Waals surface area contributed by atoms with E-state index in [1.165, 1.54) is 53.1 Å². The average Bonchev–Trinajstić information content (AvgIpc) is 3.90. The fourth-order valence-corrected chi connectivity index (χ4v) is 9.34. The van der Waals surface area contributed by atoms with Crippen LogP contribution in [-0.4, -0.2) is 4.98 Å². The third-order valence-electron chi connectivity index (χ3n) is 10.4. The van der Waals surface area contributed by atoms with Gasteiger partial charge in [0.05, 0.1) is 10.4 Å². The minimum Gasteiger partial charge on any atom is -0.455 e. The number of thiophene rings is 1. The van der Waals surface area contributed by atoms with Crippen LogP contribution >= 0.6 is 11.3 Å². The Morgan fingerprint density at radius 2 is 1.06 bits per heavy atom. The van der Waals surface area contributed by atoms with Crippen molar-refractivity contribution in [2.75, 3.05) is 4.90 Å². The second-order valence-electron chi connectivity index (χ2n) is 13.4. The van der Waals surface area contributed by atoms with E-state index in [1.54, 1.807) is 0 Å². The number of hydrogen-bond donors (Lipinski definition) is 1. The first-order valence-electron chi connectivity index (χ1n) is 17.6. The van der Waals surface area contributed by atoms with Crippen molar-refractivity contribution in [2.24, 2.45) is 0 Å². The minimum atomic E-state index is 0.910. The van der Waals surface area contributed by atoms with Crippen molar-refractivity contribution in [3.63, 3.8) is 0 Å². The monoisotopic (exact) mass is 682 g/mol. The fraction of sp³-hybridized carbons (Fsp3) is 0. The van der Waals surface area contributed by atoms with Gasteiger partial charge >= 0.3 is 0 Å². The molecule has 0 unspecified atom stereocenters. The Morgan fingerprint density at radius 3 is 1.88 bits per heavy atom. The molecule has 52 heavy (non-hydrogen) atoms. The molecule has 0 amide bonds. The van der Waals surface area contributed by atoms with Crippen molar-refractivity contribution in [1.29, 1.82) is 0 Å².